The first-order chi connectivity index (χ1) is 11.7. The van der Waals surface area contributed by atoms with Crippen LogP contribution in [0.1, 0.15) is 47.2 Å². The zero-order valence-corrected chi connectivity index (χ0v) is 14.0. The number of aromatic nitrogens is 5. The van der Waals surface area contributed by atoms with E-state index in [4.69, 9.17) is 0 Å². The number of nitrogens with zero attached hydrogens (tertiary/aromatic N) is 6. The average Bonchev–Trinajstić information content (AvgIpc) is 3.08. The van der Waals surface area contributed by atoms with E-state index in [0.717, 1.165) is 30.1 Å². The summed E-state index contributed by atoms with van der Waals surface area (Å²) in [5.41, 5.74) is 5.86. The van der Waals surface area contributed by atoms with Crippen LogP contribution < -0.4 is 0 Å². The minimum absolute atomic E-state index is 0.432. The predicted octanol–water partition coefficient (Wildman–Crippen LogP) is 2.40. The Morgan fingerprint density at radius 3 is 2.75 bits per heavy atom. The monoisotopic (exact) mass is 320 g/mol. The fraction of sp³-hybridized carbons (Fsp3) is 0.444. The zero-order chi connectivity index (χ0) is 16.3. The lowest BCUT2D eigenvalue weighted by atomic mass is 9.98. The SMILES string of the molecule is Cc1cc2ncc3c(n2n1)C[C@@H]1CC[C@@H]3N1Cc1cnc(C)nc1. The number of hydrogen-bond donors (Lipinski definition) is 0. The summed E-state index contributed by atoms with van der Waals surface area (Å²) >= 11 is 0. The molecule has 0 saturated carbocycles. The van der Waals surface area contributed by atoms with Crippen molar-refractivity contribution in [3.8, 4) is 0 Å². The summed E-state index contributed by atoms with van der Waals surface area (Å²) < 4.78 is 2.06. The van der Waals surface area contributed by atoms with Crippen LogP contribution >= 0.6 is 0 Å². The standard InChI is InChI=1S/C18H20N6/c1-11-5-18-21-9-15-16-4-3-14(6-17(15)24(18)22-11)23(16)10-13-7-19-12(2)20-8-13/h5,7-9,14,16H,3-4,6,10H2,1-2H3/t14-,16-/m0/s1. The van der Waals surface area contributed by atoms with Gasteiger partial charge in [0.25, 0.3) is 0 Å². The number of aryl methyl sites for hydroxylation is 2. The molecule has 6 nitrogen and oxygen atoms in total. The Kier molecular flexibility index (Phi) is 2.97. The van der Waals surface area contributed by atoms with Gasteiger partial charge in [-0.15, -0.1) is 0 Å². The molecule has 3 aromatic rings. The van der Waals surface area contributed by atoms with Gasteiger partial charge in [0.2, 0.25) is 0 Å². The van der Waals surface area contributed by atoms with Crippen molar-refractivity contribution >= 4 is 5.65 Å². The molecule has 0 aliphatic carbocycles. The molecule has 2 atom stereocenters. The van der Waals surface area contributed by atoms with Crippen LogP contribution in [0, 0.1) is 13.8 Å². The van der Waals surface area contributed by atoms with Gasteiger partial charge in [0.05, 0.1) is 11.4 Å². The summed E-state index contributed by atoms with van der Waals surface area (Å²) in [6.45, 7) is 4.86. The minimum atomic E-state index is 0.432. The second-order valence-corrected chi connectivity index (χ2v) is 6.98. The predicted molar refractivity (Wildman–Crippen MR) is 89.5 cm³/mol. The topological polar surface area (TPSA) is 59.2 Å². The van der Waals surface area contributed by atoms with Crippen LogP contribution in [0.15, 0.2) is 24.7 Å². The second-order valence-electron chi connectivity index (χ2n) is 6.98. The van der Waals surface area contributed by atoms with Gasteiger partial charge in [0, 0.05) is 60.8 Å². The van der Waals surface area contributed by atoms with Gasteiger partial charge in [0.15, 0.2) is 5.65 Å². The highest BCUT2D eigenvalue weighted by molar-refractivity contribution is 5.44. The van der Waals surface area contributed by atoms with Crippen LogP contribution in [-0.2, 0) is 13.0 Å². The maximum absolute atomic E-state index is 4.66. The van der Waals surface area contributed by atoms with Gasteiger partial charge in [-0.2, -0.15) is 5.10 Å². The third-order valence-electron chi connectivity index (χ3n) is 5.37. The maximum atomic E-state index is 4.66. The molecule has 24 heavy (non-hydrogen) atoms. The van der Waals surface area contributed by atoms with E-state index in [1.54, 1.807) is 0 Å². The van der Waals surface area contributed by atoms with E-state index in [1.165, 1.54) is 29.7 Å². The lowest BCUT2D eigenvalue weighted by molar-refractivity contribution is 0.164. The molecule has 1 saturated heterocycles. The maximum Gasteiger partial charge on any atom is 0.155 e. The number of fused-ring (bicyclic) bond motifs is 6. The summed E-state index contributed by atoms with van der Waals surface area (Å²) in [6, 6.07) is 3.05. The summed E-state index contributed by atoms with van der Waals surface area (Å²) in [6.07, 6.45) is 9.44. The molecule has 2 aliphatic rings. The first-order valence-electron chi connectivity index (χ1n) is 8.56. The summed E-state index contributed by atoms with van der Waals surface area (Å²) in [5.74, 6) is 0.825. The Balaban J connectivity index is 1.53. The molecule has 1 fully saturated rings. The van der Waals surface area contributed by atoms with E-state index in [0.29, 0.717) is 12.1 Å². The molecular formula is C18H20N6. The number of rotatable bonds is 2. The van der Waals surface area contributed by atoms with Crippen molar-refractivity contribution in [1.82, 2.24) is 29.5 Å². The Labute approximate surface area is 140 Å². The van der Waals surface area contributed by atoms with E-state index < -0.39 is 0 Å². The van der Waals surface area contributed by atoms with E-state index in [-0.39, 0.29) is 0 Å². The Hall–Kier alpha value is -2.34. The summed E-state index contributed by atoms with van der Waals surface area (Å²) in [7, 11) is 0. The van der Waals surface area contributed by atoms with Crippen molar-refractivity contribution in [2.24, 2.45) is 0 Å². The van der Waals surface area contributed by atoms with Crippen molar-refractivity contribution in [3.05, 3.63) is 53.0 Å². The van der Waals surface area contributed by atoms with Gasteiger partial charge < -0.3 is 0 Å². The van der Waals surface area contributed by atoms with Gasteiger partial charge in [-0.05, 0) is 26.7 Å². The molecule has 0 spiro atoms. The second kappa shape index (κ2) is 5.08. The normalized spacial score (nSPS) is 22.9. The fourth-order valence-corrected chi connectivity index (χ4v) is 4.26. The van der Waals surface area contributed by atoms with Crippen LogP contribution in [0.5, 0.6) is 0 Å². The van der Waals surface area contributed by atoms with Crippen molar-refractivity contribution in [3.63, 3.8) is 0 Å². The molecule has 0 amide bonds. The molecular weight excluding hydrogens is 300 g/mol. The van der Waals surface area contributed by atoms with Gasteiger partial charge in [0.1, 0.15) is 5.82 Å². The third kappa shape index (κ3) is 2.06. The van der Waals surface area contributed by atoms with Gasteiger partial charge in [-0.1, -0.05) is 0 Å². The molecule has 0 radical (unpaired) electrons. The van der Waals surface area contributed by atoms with Crippen LogP contribution in [0.25, 0.3) is 5.65 Å². The minimum Gasteiger partial charge on any atom is -0.289 e. The molecule has 5 heterocycles. The summed E-state index contributed by atoms with van der Waals surface area (Å²) in [4.78, 5) is 15.9. The highest BCUT2D eigenvalue weighted by Gasteiger charge is 2.41. The largest absolute Gasteiger partial charge is 0.289 e. The zero-order valence-electron chi connectivity index (χ0n) is 14.0. The highest BCUT2D eigenvalue weighted by atomic mass is 15.3. The first kappa shape index (κ1) is 14.0. The van der Waals surface area contributed by atoms with Crippen LogP contribution in [-0.4, -0.2) is 35.5 Å². The Bertz CT molecular complexity index is 913. The fourth-order valence-electron chi connectivity index (χ4n) is 4.26. The lowest BCUT2D eigenvalue weighted by Crippen LogP contribution is -2.38. The van der Waals surface area contributed by atoms with Crippen LogP contribution in [0.4, 0.5) is 0 Å². The van der Waals surface area contributed by atoms with E-state index in [9.17, 15) is 0 Å². The van der Waals surface area contributed by atoms with Crippen LogP contribution in [0.3, 0.4) is 0 Å². The highest BCUT2D eigenvalue weighted by Crippen LogP contribution is 2.44. The van der Waals surface area contributed by atoms with Crippen molar-refractivity contribution in [1.29, 1.82) is 0 Å². The Morgan fingerprint density at radius 1 is 1.08 bits per heavy atom. The van der Waals surface area contributed by atoms with Crippen molar-refractivity contribution < 1.29 is 0 Å². The molecule has 0 unspecified atom stereocenters. The molecule has 3 aromatic heterocycles. The van der Waals surface area contributed by atoms with Gasteiger partial charge in [-0.3, -0.25) is 4.90 Å². The molecule has 2 bridgehead atoms. The van der Waals surface area contributed by atoms with E-state index in [1.807, 2.05) is 26.2 Å². The van der Waals surface area contributed by atoms with Gasteiger partial charge in [-0.25, -0.2) is 19.5 Å². The molecule has 122 valence electrons. The van der Waals surface area contributed by atoms with E-state index >= 15 is 0 Å². The molecule has 2 aliphatic heterocycles. The lowest BCUT2D eigenvalue weighted by Gasteiger charge is -2.36. The average molecular weight is 320 g/mol. The van der Waals surface area contributed by atoms with Crippen LogP contribution in [0.2, 0.25) is 0 Å². The van der Waals surface area contributed by atoms with Crippen molar-refractivity contribution in [2.75, 3.05) is 0 Å². The molecule has 5 rings (SSSR count). The number of hydrogen-bond acceptors (Lipinski definition) is 5. The summed E-state index contributed by atoms with van der Waals surface area (Å²) in [5, 5.41) is 4.66. The van der Waals surface area contributed by atoms with E-state index in [2.05, 4.69) is 41.7 Å². The first-order valence-corrected chi connectivity index (χ1v) is 8.56. The Morgan fingerprint density at radius 2 is 1.92 bits per heavy atom. The molecule has 0 aromatic carbocycles. The smallest absolute Gasteiger partial charge is 0.155 e. The molecule has 0 N–H and O–H groups in total. The quantitative estimate of drug-likeness (QED) is 0.725. The van der Waals surface area contributed by atoms with Crippen molar-refractivity contribution in [2.45, 2.75) is 51.7 Å². The third-order valence-corrected chi connectivity index (χ3v) is 5.37. The van der Waals surface area contributed by atoms with Gasteiger partial charge >= 0.3 is 0 Å². The molecule has 6 heteroatoms.